The zero-order valence-electron chi connectivity index (χ0n) is 12.0. The fraction of sp³-hybridized carbons (Fsp3) is 0.375. The zero-order chi connectivity index (χ0) is 14.5. The fourth-order valence-electron chi connectivity index (χ4n) is 2.18. The average molecular weight is 287 g/mol. The number of pyridine rings is 1. The number of aromatic nitrogens is 1. The molecular formula is C16H21N3S. The topological polar surface area (TPSA) is 42.1 Å². The lowest BCUT2D eigenvalue weighted by atomic mass is 10.2. The molecule has 2 aromatic rings. The number of para-hydroxylation sites is 1. The molecule has 0 bridgehead atoms. The van der Waals surface area contributed by atoms with Crippen molar-refractivity contribution in [3.63, 3.8) is 0 Å². The first kappa shape index (κ1) is 14.9. The van der Waals surface area contributed by atoms with Gasteiger partial charge in [0.2, 0.25) is 0 Å². The highest BCUT2D eigenvalue weighted by Gasteiger charge is 2.11. The Kier molecular flexibility index (Phi) is 5.04. The Morgan fingerprint density at radius 3 is 2.70 bits per heavy atom. The molecule has 0 saturated carbocycles. The summed E-state index contributed by atoms with van der Waals surface area (Å²) >= 11 is 4.96. The third-order valence-electron chi connectivity index (χ3n) is 3.40. The summed E-state index contributed by atoms with van der Waals surface area (Å²) in [5, 5.41) is 1.18. The van der Waals surface area contributed by atoms with Crippen LogP contribution in [0.3, 0.4) is 0 Å². The largest absolute Gasteiger partial charge is 0.393 e. The predicted molar refractivity (Wildman–Crippen MR) is 88.7 cm³/mol. The lowest BCUT2D eigenvalue weighted by Gasteiger charge is -2.26. The molecule has 0 saturated heterocycles. The summed E-state index contributed by atoms with van der Waals surface area (Å²) in [5.74, 6) is 0. The molecule has 1 aromatic heterocycles. The average Bonchev–Trinajstić information content (AvgIpc) is 2.42. The van der Waals surface area contributed by atoms with Crippen LogP contribution in [0.4, 0.5) is 0 Å². The number of fused-ring (bicyclic) bond motifs is 1. The second kappa shape index (κ2) is 6.77. The van der Waals surface area contributed by atoms with E-state index in [1.807, 2.05) is 18.2 Å². The van der Waals surface area contributed by atoms with E-state index in [-0.39, 0.29) is 0 Å². The Hall–Kier alpha value is -1.52. The van der Waals surface area contributed by atoms with E-state index in [9.17, 15) is 0 Å². The van der Waals surface area contributed by atoms with Gasteiger partial charge in [-0.3, -0.25) is 9.88 Å². The highest BCUT2D eigenvalue weighted by Crippen LogP contribution is 2.14. The first-order valence-electron chi connectivity index (χ1n) is 6.93. The van der Waals surface area contributed by atoms with Gasteiger partial charge < -0.3 is 5.73 Å². The van der Waals surface area contributed by atoms with E-state index >= 15 is 0 Å². The summed E-state index contributed by atoms with van der Waals surface area (Å²) in [6.07, 6.45) is 0.751. The number of rotatable bonds is 6. The molecule has 0 aliphatic heterocycles. The molecule has 0 amide bonds. The summed E-state index contributed by atoms with van der Waals surface area (Å²) < 4.78 is 0. The van der Waals surface area contributed by atoms with Crippen molar-refractivity contribution < 1.29 is 0 Å². The van der Waals surface area contributed by atoms with Gasteiger partial charge in [0, 0.05) is 30.9 Å². The summed E-state index contributed by atoms with van der Waals surface area (Å²) in [4.78, 5) is 7.63. The van der Waals surface area contributed by atoms with Crippen molar-refractivity contribution in [3.8, 4) is 0 Å². The summed E-state index contributed by atoms with van der Waals surface area (Å²) in [6, 6.07) is 12.9. The molecule has 4 heteroatoms. The normalized spacial score (nSPS) is 11.4. The van der Waals surface area contributed by atoms with Crippen LogP contribution in [0.15, 0.2) is 36.4 Å². The SMILES string of the molecule is CC(C)N(CCC(N)=S)Cc1ccc2ccccc2n1. The highest BCUT2D eigenvalue weighted by atomic mass is 32.1. The second-order valence-corrected chi connectivity index (χ2v) is 5.80. The van der Waals surface area contributed by atoms with Crippen molar-refractivity contribution in [2.24, 2.45) is 5.73 Å². The number of nitrogens with two attached hydrogens (primary N) is 1. The molecule has 3 nitrogen and oxygen atoms in total. The Morgan fingerprint density at radius 1 is 1.25 bits per heavy atom. The van der Waals surface area contributed by atoms with Crippen LogP contribution in [-0.2, 0) is 6.54 Å². The summed E-state index contributed by atoms with van der Waals surface area (Å²) in [6.45, 7) is 6.06. The Balaban J connectivity index is 2.13. The molecule has 106 valence electrons. The van der Waals surface area contributed by atoms with Crippen molar-refractivity contribution >= 4 is 28.1 Å². The second-order valence-electron chi connectivity index (χ2n) is 5.28. The van der Waals surface area contributed by atoms with Crippen molar-refractivity contribution in [1.29, 1.82) is 0 Å². The Morgan fingerprint density at radius 2 is 2.00 bits per heavy atom. The van der Waals surface area contributed by atoms with Crippen LogP contribution in [0, 0.1) is 0 Å². The summed E-state index contributed by atoms with van der Waals surface area (Å²) in [7, 11) is 0. The summed E-state index contributed by atoms with van der Waals surface area (Å²) in [5.41, 5.74) is 7.73. The van der Waals surface area contributed by atoms with Gasteiger partial charge in [-0.2, -0.15) is 0 Å². The van der Waals surface area contributed by atoms with E-state index in [0.29, 0.717) is 11.0 Å². The Labute approximate surface area is 125 Å². The van der Waals surface area contributed by atoms with E-state index in [1.165, 1.54) is 5.39 Å². The van der Waals surface area contributed by atoms with Gasteiger partial charge in [-0.25, -0.2) is 0 Å². The van der Waals surface area contributed by atoms with Crippen LogP contribution >= 0.6 is 12.2 Å². The molecule has 0 radical (unpaired) electrons. The van der Waals surface area contributed by atoms with Gasteiger partial charge in [0.15, 0.2) is 0 Å². The standard InChI is InChI=1S/C16H21N3S/c1-12(2)19(10-9-16(17)20)11-14-8-7-13-5-3-4-6-15(13)18-14/h3-8,12H,9-11H2,1-2H3,(H2,17,20). The van der Waals surface area contributed by atoms with Crippen LogP contribution < -0.4 is 5.73 Å². The maximum absolute atomic E-state index is 5.60. The number of nitrogens with zero attached hydrogens (tertiary/aromatic N) is 2. The lowest BCUT2D eigenvalue weighted by Crippen LogP contribution is -2.33. The minimum Gasteiger partial charge on any atom is -0.393 e. The molecule has 2 N–H and O–H groups in total. The number of hydrogen-bond acceptors (Lipinski definition) is 3. The van der Waals surface area contributed by atoms with Crippen LogP contribution in [0.1, 0.15) is 26.0 Å². The van der Waals surface area contributed by atoms with Gasteiger partial charge in [0.05, 0.1) is 16.2 Å². The van der Waals surface area contributed by atoms with E-state index in [1.54, 1.807) is 0 Å². The van der Waals surface area contributed by atoms with Crippen LogP contribution in [0.2, 0.25) is 0 Å². The monoisotopic (exact) mass is 287 g/mol. The van der Waals surface area contributed by atoms with Crippen molar-refractivity contribution in [2.75, 3.05) is 6.54 Å². The van der Waals surface area contributed by atoms with Gasteiger partial charge in [0.1, 0.15) is 0 Å². The molecule has 0 aliphatic carbocycles. The molecule has 1 aromatic carbocycles. The molecule has 1 heterocycles. The van der Waals surface area contributed by atoms with E-state index in [0.717, 1.165) is 30.7 Å². The minimum atomic E-state index is 0.442. The third kappa shape index (κ3) is 3.99. The molecule has 0 unspecified atom stereocenters. The van der Waals surface area contributed by atoms with Crippen molar-refractivity contribution in [3.05, 3.63) is 42.1 Å². The molecule has 0 spiro atoms. The molecule has 0 fully saturated rings. The van der Waals surface area contributed by atoms with E-state index in [4.69, 9.17) is 22.9 Å². The number of thiocarbonyl (C=S) groups is 1. The van der Waals surface area contributed by atoms with Crippen LogP contribution in [0.25, 0.3) is 10.9 Å². The minimum absolute atomic E-state index is 0.442. The maximum Gasteiger partial charge on any atom is 0.0740 e. The maximum atomic E-state index is 5.60. The molecule has 0 atom stereocenters. The number of benzene rings is 1. The third-order valence-corrected chi connectivity index (χ3v) is 3.60. The predicted octanol–water partition coefficient (Wildman–Crippen LogP) is 3.12. The number of hydrogen-bond donors (Lipinski definition) is 1. The molecule has 0 aliphatic rings. The smallest absolute Gasteiger partial charge is 0.0740 e. The first-order valence-corrected chi connectivity index (χ1v) is 7.34. The molecular weight excluding hydrogens is 266 g/mol. The molecule has 2 rings (SSSR count). The van der Waals surface area contributed by atoms with E-state index < -0.39 is 0 Å². The first-order chi connectivity index (χ1) is 9.56. The zero-order valence-corrected chi connectivity index (χ0v) is 12.9. The quantitative estimate of drug-likeness (QED) is 0.829. The van der Waals surface area contributed by atoms with Gasteiger partial charge in [-0.1, -0.05) is 36.5 Å². The highest BCUT2D eigenvalue weighted by molar-refractivity contribution is 7.80. The van der Waals surface area contributed by atoms with E-state index in [2.05, 4.69) is 36.9 Å². The van der Waals surface area contributed by atoms with Crippen molar-refractivity contribution in [1.82, 2.24) is 9.88 Å². The lowest BCUT2D eigenvalue weighted by molar-refractivity contribution is 0.217. The van der Waals surface area contributed by atoms with Gasteiger partial charge in [-0.05, 0) is 26.0 Å². The fourth-order valence-corrected chi connectivity index (χ4v) is 2.27. The van der Waals surface area contributed by atoms with Gasteiger partial charge in [0.25, 0.3) is 0 Å². The van der Waals surface area contributed by atoms with Gasteiger partial charge >= 0.3 is 0 Å². The Bertz CT molecular complexity index is 595. The van der Waals surface area contributed by atoms with Crippen LogP contribution in [0.5, 0.6) is 0 Å². The van der Waals surface area contributed by atoms with Gasteiger partial charge in [-0.15, -0.1) is 0 Å². The van der Waals surface area contributed by atoms with Crippen LogP contribution in [-0.4, -0.2) is 27.5 Å². The van der Waals surface area contributed by atoms with Crippen molar-refractivity contribution in [2.45, 2.75) is 32.9 Å². The molecule has 20 heavy (non-hydrogen) atoms.